The van der Waals surface area contributed by atoms with E-state index in [1.54, 1.807) is 23.1 Å². The van der Waals surface area contributed by atoms with Gasteiger partial charge in [-0.15, -0.1) is 0 Å². The molecule has 0 aromatic carbocycles. The van der Waals surface area contributed by atoms with E-state index in [4.69, 9.17) is 0 Å². The lowest BCUT2D eigenvalue weighted by molar-refractivity contribution is 0.102. The van der Waals surface area contributed by atoms with E-state index in [0.717, 1.165) is 31.5 Å². The summed E-state index contributed by atoms with van der Waals surface area (Å²) in [6.07, 6.45) is 8.91. The van der Waals surface area contributed by atoms with Crippen molar-refractivity contribution in [2.75, 3.05) is 25.5 Å². The third-order valence-electron chi connectivity index (χ3n) is 4.68. The van der Waals surface area contributed by atoms with Crippen molar-refractivity contribution >= 4 is 17.4 Å². The van der Waals surface area contributed by atoms with Crippen LogP contribution in [-0.2, 0) is 0 Å². The summed E-state index contributed by atoms with van der Waals surface area (Å²) in [5.41, 5.74) is 1.99. The maximum atomic E-state index is 12.7. The zero-order valence-corrected chi connectivity index (χ0v) is 14.4. The molecule has 1 fully saturated rings. The van der Waals surface area contributed by atoms with Crippen LogP contribution < -0.4 is 5.32 Å². The Morgan fingerprint density at radius 2 is 2.04 bits per heavy atom. The Morgan fingerprint density at radius 1 is 1.24 bits per heavy atom. The molecule has 8 nitrogen and oxygen atoms in total. The Bertz CT molecular complexity index is 905. The fourth-order valence-corrected chi connectivity index (χ4v) is 3.26. The summed E-state index contributed by atoms with van der Waals surface area (Å²) in [6.45, 7) is 4.01. The van der Waals surface area contributed by atoms with Gasteiger partial charge in [0.2, 0.25) is 0 Å². The average molecular weight is 339 g/mol. The highest BCUT2D eigenvalue weighted by Crippen LogP contribution is 2.25. The van der Waals surface area contributed by atoms with Gasteiger partial charge in [0.15, 0.2) is 5.65 Å². The zero-order chi connectivity index (χ0) is 17.4. The number of rotatable bonds is 3. The number of anilines is 1. The van der Waals surface area contributed by atoms with Gasteiger partial charge in [-0.25, -0.2) is 14.2 Å². The van der Waals surface area contributed by atoms with Gasteiger partial charge in [0.1, 0.15) is 11.4 Å². The molecule has 1 saturated heterocycles. The summed E-state index contributed by atoms with van der Waals surface area (Å²) in [6, 6.07) is 2.14. The molecule has 0 saturated carbocycles. The number of nitrogens with zero attached hydrogens (tertiary/aromatic N) is 6. The van der Waals surface area contributed by atoms with Gasteiger partial charge >= 0.3 is 0 Å². The molecule has 0 atom stereocenters. The molecule has 25 heavy (non-hydrogen) atoms. The maximum Gasteiger partial charge on any atom is 0.262 e. The van der Waals surface area contributed by atoms with Gasteiger partial charge in [-0.2, -0.15) is 10.2 Å². The molecule has 3 aromatic rings. The van der Waals surface area contributed by atoms with Gasteiger partial charge in [-0.3, -0.25) is 4.79 Å². The number of amides is 1. The van der Waals surface area contributed by atoms with E-state index in [2.05, 4.69) is 32.4 Å². The summed E-state index contributed by atoms with van der Waals surface area (Å²) in [5, 5.41) is 11.6. The molecular formula is C17H21N7O. The summed E-state index contributed by atoms with van der Waals surface area (Å²) in [7, 11) is 2.13. The molecule has 130 valence electrons. The summed E-state index contributed by atoms with van der Waals surface area (Å²) in [4.78, 5) is 19.3. The molecule has 1 amide bonds. The van der Waals surface area contributed by atoms with Crippen molar-refractivity contribution in [1.82, 2.24) is 29.3 Å². The number of carbonyl (C=O) groups is 1. The fourth-order valence-electron chi connectivity index (χ4n) is 3.26. The van der Waals surface area contributed by atoms with E-state index >= 15 is 0 Å². The van der Waals surface area contributed by atoms with Crippen LogP contribution in [0.15, 0.2) is 30.9 Å². The molecule has 1 aliphatic heterocycles. The Kier molecular flexibility index (Phi) is 3.96. The van der Waals surface area contributed by atoms with Crippen molar-refractivity contribution in [2.24, 2.45) is 0 Å². The Morgan fingerprint density at radius 3 is 2.84 bits per heavy atom. The normalized spacial score (nSPS) is 16.4. The van der Waals surface area contributed by atoms with E-state index in [9.17, 15) is 4.79 Å². The predicted octanol–water partition coefficient (Wildman–Crippen LogP) is 1.75. The van der Waals surface area contributed by atoms with Gasteiger partial charge in [-0.05, 0) is 45.5 Å². The summed E-state index contributed by atoms with van der Waals surface area (Å²) >= 11 is 0. The van der Waals surface area contributed by atoms with Gasteiger partial charge in [0, 0.05) is 18.5 Å². The smallest absolute Gasteiger partial charge is 0.262 e. The molecular weight excluding hydrogens is 318 g/mol. The van der Waals surface area contributed by atoms with Gasteiger partial charge in [0.05, 0.1) is 18.4 Å². The highest BCUT2D eigenvalue weighted by Gasteiger charge is 2.22. The minimum Gasteiger partial charge on any atom is -0.307 e. The van der Waals surface area contributed by atoms with Gasteiger partial charge in [-0.1, -0.05) is 0 Å². The lowest BCUT2D eigenvalue weighted by Gasteiger charge is -2.29. The second-order valence-corrected chi connectivity index (χ2v) is 6.61. The number of carbonyl (C=O) groups excluding carboxylic acids is 1. The highest BCUT2D eigenvalue weighted by atomic mass is 16.1. The number of hydrogen-bond acceptors (Lipinski definition) is 5. The molecule has 0 unspecified atom stereocenters. The van der Waals surface area contributed by atoms with E-state index in [1.165, 1.54) is 0 Å². The van der Waals surface area contributed by atoms with E-state index in [1.807, 2.05) is 23.9 Å². The first-order valence-corrected chi connectivity index (χ1v) is 8.45. The van der Waals surface area contributed by atoms with Crippen LogP contribution in [0.2, 0.25) is 0 Å². The van der Waals surface area contributed by atoms with Crippen molar-refractivity contribution in [3.05, 3.63) is 42.0 Å². The molecule has 4 rings (SSSR count). The van der Waals surface area contributed by atoms with Crippen molar-refractivity contribution in [3.63, 3.8) is 0 Å². The summed E-state index contributed by atoms with van der Waals surface area (Å²) < 4.78 is 3.55. The van der Waals surface area contributed by atoms with Crippen LogP contribution >= 0.6 is 0 Å². The fraction of sp³-hybridized carbons (Fsp3) is 0.412. The lowest BCUT2D eigenvalue weighted by atomic mass is 10.1. The molecule has 0 radical (unpaired) electrons. The number of nitrogens with one attached hydrogen (secondary N) is 1. The molecule has 1 aliphatic rings. The first kappa shape index (κ1) is 15.8. The largest absolute Gasteiger partial charge is 0.307 e. The Labute approximate surface area is 145 Å². The zero-order valence-electron chi connectivity index (χ0n) is 14.4. The van der Waals surface area contributed by atoms with Crippen molar-refractivity contribution in [1.29, 1.82) is 0 Å². The highest BCUT2D eigenvalue weighted by molar-refractivity contribution is 6.07. The van der Waals surface area contributed by atoms with Crippen LogP contribution in [-0.4, -0.2) is 55.3 Å². The summed E-state index contributed by atoms with van der Waals surface area (Å²) in [5.74, 6) is 0.493. The van der Waals surface area contributed by atoms with E-state index in [-0.39, 0.29) is 5.91 Å². The van der Waals surface area contributed by atoms with Crippen LogP contribution in [0.3, 0.4) is 0 Å². The van der Waals surface area contributed by atoms with Crippen LogP contribution in [0.4, 0.5) is 5.82 Å². The molecule has 0 bridgehead atoms. The monoisotopic (exact) mass is 339 g/mol. The molecule has 8 heteroatoms. The molecule has 0 aliphatic carbocycles. The predicted molar refractivity (Wildman–Crippen MR) is 93.7 cm³/mol. The van der Waals surface area contributed by atoms with E-state index < -0.39 is 0 Å². The average Bonchev–Trinajstić information content (AvgIpc) is 3.22. The minimum atomic E-state index is -0.221. The third-order valence-corrected chi connectivity index (χ3v) is 4.68. The topological polar surface area (TPSA) is 80.3 Å². The standard InChI is InChI=1S/C17H21N7O/c1-12-9-18-16-14(10-20-23(16)11-12)17(25)21-15-3-6-19-24(15)13-4-7-22(2)8-5-13/h3,6,9-11,13H,4-5,7-8H2,1-2H3,(H,21,25). The first-order chi connectivity index (χ1) is 12.1. The lowest BCUT2D eigenvalue weighted by Crippen LogP contribution is -2.32. The van der Waals surface area contributed by atoms with Crippen LogP contribution in [0.1, 0.15) is 34.8 Å². The van der Waals surface area contributed by atoms with Crippen molar-refractivity contribution in [3.8, 4) is 0 Å². The molecule has 1 N–H and O–H groups in total. The second-order valence-electron chi connectivity index (χ2n) is 6.61. The number of aryl methyl sites for hydroxylation is 1. The Balaban J connectivity index is 1.56. The van der Waals surface area contributed by atoms with Crippen molar-refractivity contribution < 1.29 is 4.79 Å². The molecule has 4 heterocycles. The van der Waals surface area contributed by atoms with Crippen molar-refractivity contribution in [2.45, 2.75) is 25.8 Å². The number of piperidine rings is 1. The van der Waals surface area contributed by atoms with E-state index in [0.29, 0.717) is 23.1 Å². The minimum absolute atomic E-state index is 0.221. The van der Waals surface area contributed by atoms with Crippen LogP contribution in [0.5, 0.6) is 0 Å². The molecule has 0 spiro atoms. The maximum absolute atomic E-state index is 12.7. The van der Waals surface area contributed by atoms with Gasteiger partial charge in [0.25, 0.3) is 5.91 Å². The number of fused-ring (bicyclic) bond motifs is 1. The second kappa shape index (κ2) is 6.29. The number of likely N-dealkylation sites (tertiary alicyclic amines) is 1. The van der Waals surface area contributed by atoms with Gasteiger partial charge < -0.3 is 10.2 Å². The Hall–Kier alpha value is -2.74. The third kappa shape index (κ3) is 3.00. The number of aromatic nitrogens is 5. The van der Waals surface area contributed by atoms with Crippen LogP contribution in [0.25, 0.3) is 5.65 Å². The molecule has 3 aromatic heterocycles. The quantitative estimate of drug-likeness (QED) is 0.786. The SMILES string of the molecule is Cc1cnc2c(C(=O)Nc3ccnn3C3CCN(C)CC3)cnn2c1. The van der Waals surface area contributed by atoms with Crippen LogP contribution in [0, 0.1) is 6.92 Å². The number of hydrogen-bond donors (Lipinski definition) is 1. The first-order valence-electron chi connectivity index (χ1n) is 8.45.